The summed E-state index contributed by atoms with van der Waals surface area (Å²) in [6.45, 7) is 4.24. The maximum Gasteiger partial charge on any atom is 0.0815 e. The van der Waals surface area contributed by atoms with Crippen LogP contribution in [0.25, 0.3) is 0 Å². The van der Waals surface area contributed by atoms with E-state index in [1.807, 2.05) is 23.1 Å². The first-order chi connectivity index (χ1) is 8.31. The molecule has 0 aliphatic heterocycles. The Morgan fingerprint density at radius 2 is 2.22 bits per heavy atom. The zero-order chi connectivity index (χ0) is 12.1. The number of aliphatic hydroxyl groups excluding tert-OH is 1. The Hall–Kier alpha value is -1.53. The van der Waals surface area contributed by atoms with E-state index in [4.69, 9.17) is 5.11 Å². The molecule has 0 amide bonds. The van der Waals surface area contributed by atoms with Crippen molar-refractivity contribution in [1.82, 2.24) is 19.6 Å². The van der Waals surface area contributed by atoms with E-state index >= 15 is 0 Å². The number of aliphatic hydroxyl groups is 1. The molecule has 7 heteroatoms. The summed E-state index contributed by atoms with van der Waals surface area (Å²) in [7, 11) is 0. The fourth-order valence-electron chi connectivity index (χ4n) is 1.55. The molecule has 6 nitrogen and oxygen atoms in total. The summed E-state index contributed by atoms with van der Waals surface area (Å²) in [5.41, 5.74) is 1.94. The Balaban J connectivity index is 0.00000162. The average molecular weight is 272 g/mol. The molecule has 100 valence electrons. The Morgan fingerprint density at radius 1 is 1.39 bits per heavy atom. The second-order valence-corrected chi connectivity index (χ2v) is 3.73. The van der Waals surface area contributed by atoms with Crippen LogP contribution in [0, 0.1) is 0 Å². The van der Waals surface area contributed by atoms with Gasteiger partial charge in [0.05, 0.1) is 37.3 Å². The molecular weight excluding hydrogens is 254 g/mol. The molecule has 0 unspecified atom stereocenters. The van der Waals surface area contributed by atoms with Crippen LogP contribution in [0.1, 0.15) is 12.6 Å². The van der Waals surface area contributed by atoms with E-state index in [0.717, 1.165) is 17.9 Å². The van der Waals surface area contributed by atoms with Crippen LogP contribution >= 0.6 is 12.4 Å². The van der Waals surface area contributed by atoms with Gasteiger partial charge in [-0.1, -0.05) is 0 Å². The third-order valence-corrected chi connectivity index (χ3v) is 2.46. The van der Waals surface area contributed by atoms with Crippen molar-refractivity contribution in [1.29, 1.82) is 0 Å². The highest BCUT2D eigenvalue weighted by Gasteiger charge is 2.00. The molecule has 0 atom stereocenters. The lowest BCUT2D eigenvalue weighted by atomic mass is 10.4. The molecule has 2 heterocycles. The highest BCUT2D eigenvalue weighted by molar-refractivity contribution is 5.85. The van der Waals surface area contributed by atoms with Crippen molar-refractivity contribution in [2.24, 2.45) is 0 Å². The monoisotopic (exact) mass is 271 g/mol. The van der Waals surface area contributed by atoms with Gasteiger partial charge in [-0.05, 0) is 13.0 Å². The Labute approximate surface area is 112 Å². The van der Waals surface area contributed by atoms with Crippen molar-refractivity contribution in [2.45, 2.75) is 26.6 Å². The first-order valence-corrected chi connectivity index (χ1v) is 5.71. The van der Waals surface area contributed by atoms with Crippen LogP contribution in [0.2, 0.25) is 0 Å². The molecule has 0 radical (unpaired) electrons. The van der Waals surface area contributed by atoms with Gasteiger partial charge in [0.1, 0.15) is 0 Å². The lowest BCUT2D eigenvalue weighted by Crippen LogP contribution is -2.03. The minimum absolute atomic E-state index is 0. The van der Waals surface area contributed by atoms with Gasteiger partial charge in [0.2, 0.25) is 0 Å². The van der Waals surface area contributed by atoms with Crippen molar-refractivity contribution >= 4 is 18.1 Å². The van der Waals surface area contributed by atoms with E-state index in [9.17, 15) is 0 Å². The third-order valence-electron chi connectivity index (χ3n) is 2.46. The number of rotatable bonds is 6. The number of aromatic nitrogens is 4. The smallest absolute Gasteiger partial charge is 0.0815 e. The number of anilines is 1. The number of hydrogen-bond acceptors (Lipinski definition) is 4. The van der Waals surface area contributed by atoms with Crippen LogP contribution < -0.4 is 5.32 Å². The molecule has 0 aliphatic rings. The van der Waals surface area contributed by atoms with Gasteiger partial charge in [-0.15, -0.1) is 12.4 Å². The Morgan fingerprint density at radius 3 is 2.89 bits per heavy atom. The summed E-state index contributed by atoms with van der Waals surface area (Å²) in [6.07, 6.45) is 5.58. The quantitative estimate of drug-likeness (QED) is 0.826. The number of halogens is 1. The standard InChI is InChI=1S/C11H17N5O.ClH/c1-2-15-4-3-10(14-15)7-12-11-8-13-16(9-11)5-6-17;/h3-4,8-9,12,17H,2,5-7H2,1H3;1H. The van der Waals surface area contributed by atoms with Crippen molar-refractivity contribution < 1.29 is 5.11 Å². The van der Waals surface area contributed by atoms with Gasteiger partial charge in [0.15, 0.2) is 0 Å². The molecule has 2 rings (SSSR count). The number of nitrogens with one attached hydrogen (secondary N) is 1. The molecule has 0 aliphatic carbocycles. The first kappa shape index (κ1) is 14.5. The molecule has 0 bridgehead atoms. The molecular formula is C11H18ClN5O. The summed E-state index contributed by atoms with van der Waals surface area (Å²) in [5.74, 6) is 0. The number of hydrogen-bond donors (Lipinski definition) is 2. The second-order valence-electron chi connectivity index (χ2n) is 3.73. The fourth-order valence-corrected chi connectivity index (χ4v) is 1.55. The third kappa shape index (κ3) is 3.75. The minimum Gasteiger partial charge on any atom is -0.394 e. The van der Waals surface area contributed by atoms with Crippen molar-refractivity contribution in [3.05, 3.63) is 30.4 Å². The van der Waals surface area contributed by atoms with Crippen LogP contribution in [-0.4, -0.2) is 31.3 Å². The predicted molar refractivity (Wildman–Crippen MR) is 71.8 cm³/mol. The first-order valence-electron chi connectivity index (χ1n) is 5.71. The Bertz CT molecular complexity index is 467. The van der Waals surface area contributed by atoms with E-state index in [0.29, 0.717) is 13.1 Å². The van der Waals surface area contributed by atoms with E-state index in [1.165, 1.54) is 0 Å². The van der Waals surface area contributed by atoms with E-state index in [1.54, 1.807) is 10.9 Å². The predicted octanol–water partition coefficient (Wildman–Crippen LogP) is 1.13. The zero-order valence-electron chi connectivity index (χ0n) is 10.3. The van der Waals surface area contributed by atoms with Gasteiger partial charge >= 0.3 is 0 Å². The minimum atomic E-state index is 0. The zero-order valence-corrected chi connectivity index (χ0v) is 11.1. The molecule has 2 aromatic rings. The lowest BCUT2D eigenvalue weighted by molar-refractivity contribution is 0.269. The van der Waals surface area contributed by atoms with Gasteiger partial charge in [0, 0.05) is 18.9 Å². The molecule has 0 fully saturated rings. The Kier molecular flexibility index (Phi) is 5.67. The summed E-state index contributed by atoms with van der Waals surface area (Å²) in [6, 6.07) is 1.99. The van der Waals surface area contributed by atoms with E-state index in [2.05, 4.69) is 22.4 Å². The average Bonchev–Trinajstić information content (AvgIpc) is 2.95. The molecule has 0 saturated heterocycles. The van der Waals surface area contributed by atoms with Gasteiger partial charge in [-0.3, -0.25) is 9.36 Å². The summed E-state index contributed by atoms with van der Waals surface area (Å²) >= 11 is 0. The molecule has 18 heavy (non-hydrogen) atoms. The largest absolute Gasteiger partial charge is 0.394 e. The second kappa shape index (κ2) is 7.03. The highest BCUT2D eigenvalue weighted by atomic mass is 35.5. The molecule has 2 aromatic heterocycles. The van der Waals surface area contributed by atoms with Crippen molar-refractivity contribution in [2.75, 3.05) is 11.9 Å². The van der Waals surface area contributed by atoms with Crippen molar-refractivity contribution in [3.63, 3.8) is 0 Å². The van der Waals surface area contributed by atoms with Gasteiger partial charge < -0.3 is 10.4 Å². The summed E-state index contributed by atoms with van der Waals surface area (Å²) < 4.78 is 3.60. The molecule has 0 spiro atoms. The van der Waals surface area contributed by atoms with Crippen LogP contribution in [0.3, 0.4) is 0 Å². The number of aryl methyl sites for hydroxylation is 1. The highest BCUT2D eigenvalue weighted by Crippen LogP contribution is 2.06. The van der Waals surface area contributed by atoms with Gasteiger partial charge in [-0.25, -0.2) is 0 Å². The summed E-state index contributed by atoms with van der Waals surface area (Å²) in [4.78, 5) is 0. The van der Waals surface area contributed by atoms with Crippen LogP contribution in [0.15, 0.2) is 24.7 Å². The van der Waals surface area contributed by atoms with Gasteiger partial charge in [-0.2, -0.15) is 10.2 Å². The maximum absolute atomic E-state index is 8.77. The molecule has 0 saturated carbocycles. The van der Waals surface area contributed by atoms with E-state index < -0.39 is 0 Å². The topological polar surface area (TPSA) is 67.9 Å². The van der Waals surface area contributed by atoms with Crippen LogP contribution in [0.4, 0.5) is 5.69 Å². The van der Waals surface area contributed by atoms with E-state index in [-0.39, 0.29) is 19.0 Å². The maximum atomic E-state index is 8.77. The molecule has 2 N–H and O–H groups in total. The van der Waals surface area contributed by atoms with Crippen molar-refractivity contribution in [3.8, 4) is 0 Å². The van der Waals surface area contributed by atoms with Crippen LogP contribution in [0.5, 0.6) is 0 Å². The van der Waals surface area contributed by atoms with Gasteiger partial charge in [0.25, 0.3) is 0 Å². The lowest BCUT2D eigenvalue weighted by Gasteiger charge is -2.00. The number of nitrogens with zero attached hydrogens (tertiary/aromatic N) is 4. The van der Waals surface area contributed by atoms with Crippen LogP contribution in [-0.2, 0) is 19.6 Å². The normalized spacial score (nSPS) is 10.1. The fraction of sp³-hybridized carbons (Fsp3) is 0.455. The SMILES string of the molecule is CCn1ccc(CNc2cnn(CCO)c2)n1.Cl. The molecule has 0 aromatic carbocycles. The summed E-state index contributed by atoms with van der Waals surface area (Å²) in [5, 5.41) is 20.5.